The summed E-state index contributed by atoms with van der Waals surface area (Å²) in [5.74, 6) is -0.767. The molecule has 1 atom stereocenters. The molecule has 0 aliphatic carbocycles. The van der Waals surface area contributed by atoms with Gasteiger partial charge in [0.05, 0.1) is 17.3 Å². The Balaban J connectivity index is 1.87. The van der Waals surface area contributed by atoms with E-state index in [9.17, 15) is 14.7 Å². The molecule has 0 amide bonds. The molecule has 26 heavy (non-hydrogen) atoms. The van der Waals surface area contributed by atoms with E-state index in [0.717, 1.165) is 11.4 Å². The Morgan fingerprint density at radius 1 is 1.27 bits per heavy atom. The van der Waals surface area contributed by atoms with Gasteiger partial charge in [-0.05, 0) is 30.4 Å². The van der Waals surface area contributed by atoms with Crippen LogP contribution in [-0.2, 0) is 21.4 Å². The van der Waals surface area contributed by atoms with Crippen LogP contribution in [0.1, 0.15) is 25.6 Å². The van der Waals surface area contributed by atoms with E-state index in [4.69, 9.17) is 13.8 Å². The lowest BCUT2D eigenvalue weighted by Gasteiger charge is -2.13. The second-order valence-electron chi connectivity index (χ2n) is 4.70. The summed E-state index contributed by atoms with van der Waals surface area (Å²) >= 11 is 2.43. The van der Waals surface area contributed by atoms with Gasteiger partial charge >= 0.3 is 5.77 Å². The molecule has 0 aliphatic heterocycles. The van der Waals surface area contributed by atoms with Crippen molar-refractivity contribution in [1.82, 2.24) is 10.1 Å². The molecule has 1 aromatic heterocycles. The number of nitro groups is 1. The van der Waals surface area contributed by atoms with Gasteiger partial charge in [-0.2, -0.15) is 4.98 Å². The summed E-state index contributed by atoms with van der Waals surface area (Å²) in [6.07, 6.45) is 0. The van der Waals surface area contributed by atoms with Crippen LogP contribution in [0.25, 0.3) is 0 Å². The molecule has 9 nitrogen and oxygen atoms in total. The molecular weight excluding hydrogens is 401 g/mol. The molecule has 0 radical (unpaired) electrons. The first-order valence-electron chi connectivity index (χ1n) is 7.68. The number of rotatable bonds is 11. The highest BCUT2D eigenvalue weighted by atomic mass is 33.1. The zero-order chi connectivity index (χ0) is 19.0. The Kier molecular flexibility index (Phi) is 7.95. The number of nitrogens with zero attached hydrogens (tertiary/aromatic N) is 3. The minimum atomic E-state index is -2.83. The van der Waals surface area contributed by atoms with Gasteiger partial charge in [0, 0.05) is 17.9 Å². The lowest BCUT2D eigenvalue weighted by molar-refractivity contribution is -0.384. The van der Waals surface area contributed by atoms with E-state index < -0.39 is 10.7 Å². The zero-order valence-corrected chi connectivity index (χ0v) is 16.7. The summed E-state index contributed by atoms with van der Waals surface area (Å²) in [6, 6.07) is 5.69. The number of hydrogen-bond donors (Lipinski definition) is 0. The Hall–Kier alpha value is -1.55. The third kappa shape index (κ3) is 6.31. The largest absolute Gasteiger partial charge is 0.485 e. The first-order chi connectivity index (χ1) is 12.5. The van der Waals surface area contributed by atoms with Crippen molar-refractivity contribution in [3.05, 3.63) is 46.1 Å². The minimum absolute atomic E-state index is 0.0140. The molecule has 1 aromatic carbocycles. The van der Waals surface area contributed by atoms with E-state index in [2.05, 4.69) is 10.1 Å². The van der Waals surface area contributed by atoms with Crippen LogP contribution < -0.4 is 4.74 Å². The molecule has 0 aliphatic rings. The van der Waals surface area contributed by atoms with Crippen molar-refractivity contribution in [2.75, 3.05) is 12.4 Å². The van der Waals surface area contributed by atoms with Crippen LogP contribution in [-0.4, -0.2) is 27.4 Å². The van der Waals surface area contributed by atoms with E-state index in [-0.39, 0.29) is 18.0 Å². The highest BCUT2D eigenvalue weighted by Crippen LogP contribution is 2.70. The van der Waals surface area contributed by atoms with Gasteiger partial charge < -0.3 is 13.8 Å². The van der Waals surface area contributed by atoms with Gasteiger partial charge in [-0.3, -0.25) is 14.7 Å². The lowest BCUT2D eigenvalue weighted by Crippen LogP contribution is -1.98. The predicted octanol–water partition coefficient (Wildman–Crippen LogP) is 4.69. The minimum Gasteiger partial charge on any atom is -0.485 e. The SMILES string of the molecule is CCOP(=O)(SCC)SCc1nc(COc2ccc([N+](=O)[O-])cc2)no1. The smallest absolute Gasteiger partial charge is 0.313 e. The fourth-order valence-electron chi connectivity index (χ4n) is 1.78. The highest BCUT2D eigenvalue weighted by Gasteiger charge is 2.25. The number of hydrogen-bond acceptors (Lipinski definition) is 10. The molecule has 142 valence electrons. The Labute approximate surface area is 158 Å². The third-order valence-corrected chi connectivity index (χ3v) is 10.3. The van der Waals surface area contributed by atoms with Crippen LogP contribution in [0.2, 0.25) is 0 Å². The quantitative estimate of drug-likeness (QED) is 0.288. The molecule has 2 rings (SSSR count). The van der Waals surface area contributed by atoms with Crippen LogP contribution >= 0.6 is 28.5 Å². The first kappa shape index (κ1) is 20.8. The molecule has 12 heteroatoms. The molecule has 1 unspecified atom stereocenters. The number of nitro benzene ring substituents is 1. The van der Waals surface area contributed by atoms with Crippen molar-refractivity contribution < 1.29 is 23.3 Å². The summed E-state index contributed by atoms with van der Waals surface area (Å²) in [6.45, 7) is 4.13. The average molecular weight is 419 g/mol. The average Bonchev–Trinajstić information content (AvgIpc) is 3.07. The number of non-ortho nitro benzene ring substituents is 1. The van der Waals surface area contributed by atoms with Crippen molar-refractivity contribution in [3.8, 4) is 5.75 Å². The van der Waals surface area contributed by atoms with Gasteiger partial charge in [0.15, 0.2) is 6.61 Å². The van der Waals surface area contributed by atoms with Gasteiger partial charge in [-0.15, -0.1) is 0 Å². The summed E-state index contributed by atoms with van der Waals surface area (Å²) in [4.78, 5) is 14.3. The second-order valence-corrected chi connectivity index (χ2v) is 12.4. The van der Waals surface area contributed by atoms with Crippen LogP contribution in [0.5, 0.6) is 5.75 Å². The molecule has 0 saturated heterocycles. The summed E-state index contributed by atoms with van der Waals surface area (Å²) in [5, 5.41) is 14.4. The van der Waals surface area contributed by atoms with Crippen LogP contribution in [0.15, 0.2) is 28.8 Å². The van der Waals surface area contributed by atoms with Crippen LogP contribution in [0.4, 0.5) is 5.69 Å². The van der Waals surface area contributed by atoms with Crippen LogP contribution in [0.3, 0.4) is 0 Å². The monoisotopic (exact) mass is 419 g/mol. The summed E-state index contributed by atoms with van der Waals surface area (Å²) in [7, 11) is 0. The highest BCUT2D eigenvalue weighted by molar-refractivity contribution is 8.89. The van der Waals surface area contributed by atoms with Crippen molar-refractivity contribution in [3.63, 3.8) is 0 Å². The molecule has 0 saturated carbocycles. The van der Waals surface area contributed by atoms with Gasteiger partial charge in [-0.25, -0.2) is 0 Å². The molecule has 0 N–H and O–H groups in total. The molecule has 0 spiro atoms. The molecule has 0 bridgehead atoms. The normalized spacial score (nSPS) is 13.3. The predicted molar refractivity (Wildman–Crippen MR) is 100 cm³/mol. The topological polar surface area (TPSA) is 118 Å². The fourth-order valence-corrected chi connectivity index (χ4v) is 8.18. The maximum Gasteiger partial charge on any atom is 0.313 e. The number of benzene rings is 1. The van der Waals surface area contributed by atoms with E-state index in [1.54, 1.807) is 6.92 Å². The van der Waals surface area contributed by atoms with Crippen molar-refractivity contribution in [1.29, 1.82) is 0 Å². The van der Waals surface area contributed by atoms with Gasteiger partial charge in [0.2, 0.25) is 11.7 Å². The maximum absolute atomic E-state index is 12.5. The van der Waals surface area contributed by atoms with E-state index in [0.29, 0.717) is 29.8 Å². The zero-order valence-electron chi connectivity index (χ0n) is 14.2. The molecular formula is C14H18N3O6PS2. The Morgan fingerprint density at radius 3 is 2.62 bits per heavy atom. The molecule has 2 aromatic rings. The number of aromatic nitrogens is 2. The third-order valence-electron chi connectivity index (χ3n) is 2.85. The Morgan fingerprint density at radius 2 is 2.00 bits per heavy atom. The fraction of sp³-hybridized carbons (Fsp3) is 0.429. The summed E-state index contributed by atoms with van der Waals surface area (Å²) in [5.41, 5.74) is -0.0140. The molecule has 1 heterocycles. The summed E-state index contributed by atoms with van der Waals surface area (Å²) < 4.78 is 28.5. The Bertz CT molecular complexity index is 760. The van der Waals surface area contributed by atoms with Gasteiger partial charge in [0.1, 0.15) is 5.75 Å². The van der Waals surface area contributed by atoms with E-state index in [1.165, 1.54) is 35.6 Å². The van der Waals surface area contributed by atoms with Gasteiger partial charge in [-0.1, -0.05) is 23.5 Å². The van der Waals surface area contributed by atoms with E-state index >= 15 is 0 Å². The van der Waals surface area contributed by atoms with Crippen molar-refractivity contribution in [2.45, 2.75) is 26.2 Å². The number of ether oxygens (including phenoxy) is 1. The van der Waals surface area contributed by atoms with Gasteiger partial charge in [0.25, 0.3) is 5.69 Å². The first-order valence-corrected chi connectivity index (χ1v) is 12.5. The standard InChI is InChI=1S/C14H18N3O6PS2/c1-3-22-24(20,25-4-2)26-10-14-15-13(16-23-14)9-21-12-7-5-11(6-8-12)17(18)19/h5-8H,3-4,9-10H2,1-2H3. The maximum atomic E-state index is 12.5. The van der Waals surface area contributed by atoms with Crippen molar-refractivity contribution >= 4 is 34.2 Å². The lowest BCUT2D eigenvalue weighted by atomic mass is 10.3. The van der Waals surface area contributed by atoms with Crippen LogP contribution in [0, 0.1) is 10.1 Å². The molecule has 0 fully saturated rings. The van der Waals surface area contributed by atoms with Crippen molar-refractivity contribution in [2.24, 2.45) is 0 Å². The second kappa shape index (κ2) is 9.96. The van der Waals surface area contributed by atoms with E-state index in [1.807, 2.05) is 6.92 Å².